The van der Waals surface area contributed by atoms with Crippen LogP contribution in [0.25, 0.3) is 0 Å². The van der Waals surface area contributed by atoms with Crippen molar-refractivity contribution in [3.63, 3.8) is 0 Å². The van der Waals surface area contributed by atoms with Crippen molar-refractivity contribution in [2.45, 2.75) is 47.9 Å². The minimum Gasteiger partial charge on any atom is -0.364 e. The van der Waals surface area contributed by atoms with Crippen molar-refractivity contribution in [3.05, 3.63) is 42.2 Å². The van der Waals surface area contributed by atoms with Gasteiger partial charge in [-0.25, -0.2) is 16.8 Å². The Morgan fingerprint density at radius 3 is 2.20 bits per heavy atom. The molecule has 11 heteroatoms. The number of carbonyl (C=O) groups excluding carboxylic acids is 1. The fourth-order valence-corrected chi connectivity index (χ4v) is 6.19. The summed E-state index contributed by atoms with van der Waals surface area (Å²) < 4.78 is 56.1. The number of sulfonamides is 2. The van der Waals surface area contributed by atoms with Gasteiger partial charge in [-0.3, -0.25) is 9.52 Å². The van der Waals surface area contributed by atoms with Gasteiger partial charge in [0.2, 0.25) is 10.0 Å². The summed E-state index contributed by atoms with van der Waals surface area (Å²) >= 11 is 0. The van der Waals surface area contributed by atoms with Crippen LogP contribution in [0.4, 0.5) is 5.69 Å². The number of nitrogens with two attached hydrogens (primary N) is 1. The summed E-state index contributed by atoms with van der Waals surface area (Å²) in [6, 6.07) is 6.73. The minimum atomic E-state index is -3.97. The molecule has 1 fully saturated rings. The first-order valence-corrected chi connectivity index (χ1v) is 12.5. The Bertz CT molecular complexity index is 1130. The van der Waals surface area contributed by atoms with Crippen molar-refractivity contribution in [1.82, 2.24) is 8.87 Å². The molecule has 2 aromatic rings. The van der Waals surface area contributed by atoms with E-state index in [0.29, 0.717) is 0 Å². The molecule has 3 rings (SSSR count). The average molecular weight is 455 g/mol. The molecule has 3 N–H and O–H groups in total. The standard InChI is InChI=1S/C19H26N4O5S2/c1-22-13-17(12-18(22)19(20)24)29(25,26)21-14-8-10-16(11-9-14)30(27,28)23(2)15-6-4-3-5-7-15/h8-13,15,21H,3-7H2,1-2H3,(H2,20,24). The van der Waals surface area contributed by atoms with Gasteiger partial charge < -0.3 is 10.3 Å². The minimum absolute atomic E-state index is 0.0144. The number of amides is 1. The van der Waals surface area contributed by atoms with E-state index in [1.165, 1.54) is 52.4 Å². The number of benzene rings is 1. The molecule has 164 valence electrons. The summed E-state index contributed by atoms with van der Waals surface area (Å²) in [7, 11) is -4.52. The number of nitrogens with one attached hydrogen (secondary N) is 1. The number of anilines is 1. The first kappa shape index (κ1) is 22.3. The van der Waals surface area contributed by atoms with Crippen LogP contribution in [0.3, 0.4) is 0 Å². The zero-order valence-corrected chi connectivity index (χ0v) is 18.5. The number of hydrogen-bond acceptors (Lipinski definition) is 5. The molecule has 9 nitrogen and oxygen atoms in total. The van der Waals surface area contributed by atoms with Crippen LogP contribution in [0.15, 0.2) is 46.3 Å². The Labute approximate surface area is 177 Å². The molecule has 0 spiro atoms. The fourth-order valence-electron chi connectivity index (χ4n) is 3.64. The number of carbonyl (C=O) groups is 1. The molecule has 0 aliphatic heterocycles. The van der Waals surface area contributed by atoms with Gasteiger partial charge in [0.25, 0.3) is 15.9 Å². The van der Waals surface area contributed by atoms with Gasteiger partial charge in [0, 0.05) is 32.0 Å². The van der Waals surface area contributed by atoms with Crippen molar-refractivity contribution >= 4 is 31.6 Å². The number of nitrogens with zero attached hydrogens (tertiary/aromatic N) is 2. The summed E-state index contributed by atoms with van der Waals surface area (Å²) in [5, 5.41) is 0. The zero-order chi connectivity index (χ0) is 22.1. The van der Waals surface area contributed by atoms with Crippen molar-refractivity contribution in [2.75, 3.05) is 11.8 Å². The Balaban J connectivity index is 1.78. The monoisotopic (exact) mass is 454 g/mol. The van der Waals surface area contributed by atoms with Gasteiger partial charge >= 0.3 is 0 Å². The highest BCUT2D eigenvalue weighted by atomic mass is 32.2. The zero-order valence-electron chi connectivity index (χ0n) is 16.9. The van der Waals surface area contributed by atoms with Crippen LogP contribution in [-0.4, -0.2) is 44.7 Å². The molecule has 1 aromatic heterocycles. The van der Waals surface area contributed by atoms with Crippen LogP contribution in [0.2, 0.25) is 0 Å². The molecule has 0 radical (unpaired) electrons. The van der Waals surface area contributed by atoms with E-state index in [-0.39, 0.29) is 27.2 Å². The van der Waals surface area contributed by atoms with E-state index in [0.717, 1.165) is 32.1 Å². The number of aromatic nitrogens is 1. The van der Waals surface area contributed by atoms with E-state index in [1.54, 1.807) is 7.05 Å². The summed E-state index contributed by atoms with van der Waals surface area (Å²) in [4.78, 5) is 11.3. The second kappa shape index (κ2) is 8.40. The first-order valence-electron chi connectivity index (χ1n) is 9.59. The summed E-state index contributed by atoms with van der Waals surface area (Å²) in [6.45, 7) is 0. The molecule has 0 bridgehead atoms. The average Bonchev–Trinajstić information content (AvgIpc) is 3.11. The highest BCUT2D eigenvalue weighted by molar-refractivity contribution is 7.92. The van der Waals surface area contributed by atoms with Crippen LogP contribution in [0, 0.1) is 0 Å². The molecule has 1 heterocycles. The number of aryl methyl sites for hydroxylation is 1. The quantitative estimate of drug-likeness (QED) is 0.659. The maximum atomic E-state index is 12.9. The maximum absolute atomic E-state index is 12.9. The molecule has 0 unspecified atom stereocenters. The second-order valence-corrected chi connectivity index (χ2v) is 11.2. The second-order valence-electron chi connectivity index (χ2n) is 7.48. The van der Waals surface area contributed by atoms with Crippen LogP contribution >= 0.6 is 0 Å². The third-order valence-electron chi connectivity index (χ3n) is 5.42. The van der Waals surface area contributed by atoms with Gasteiger partial charge in [-0.1, -0.05) is 19.3 Å². The Kier molecular flexibility index (Phi) is 6.25. The van der Waals surface area contributed by atoms with E-state index in [4.69, 9.17) is 5.73 Å². The lowest BCUT2D eigenvalue weighted by atomic mass is 9.96. The molecule has 0 atom stereocenters. The lowest BCUT2D eigenvalue weighted by Gasteiger charge is -2.30. The highest BCUT2D eigenvalue weighted by Gasteiger charge is 2.29. The Morgan fingerprint density at radius 2 is 1.67 bits per heavy atom. The molecular weight excluding hydrogens is 428 g/mol. The van der Waals surface area contributed by atoms with Crippen molar-refractivity contribution in [3.8, 4) is 0 Å². The third kappa shape index (κ3) is 4.52. The molecule has 1 aliphatic rings. The highest BCUT2D eigenvalue weighted by Crippen LogP contribution is 2.27. The van der Waals surface area contributed by atoms with E-state index in [9.17, 15) is 21.6 Å². The summed E-state index contributed by atoms with van der Waals surface area (Å²) in [5.41, 5.74) is 5.49. The van der Waals surface area contributed by atoms with Gasteiger partial charge in [-0.2, -0.15) is 4.31 Å². The van der Waals surface area contributed by atoms with E-state index >= 15 is 0 Å². The number of rotatable bonds is 7. The number of hydrogen-bond donors (Lipinski definition) is 2. The van der Waals surface area contributed by atoms with Crippen LogP contribution in [0.1, 0.15) is 42.6 Å². The summed E-state index contributed by atoms with van der Waals surface area (Å²) in [6.07, 6.45) is 6.13. The van der Waals surface area contributed by atoms with Gasteiger partial charge in [-0.05, 0) is 43.2 Å². The van der Waals surface area contributed by atoms with E-state index in [1.807, 2.05) is 0 Å². The van der Waals surface area contributed by atoms with E-state index in [2.05, 4.69) is 4.72 Å². The molecule has 1 aromatic carbocycles. The van der Waals surface area contributed by atoms with Crippen molar-refractivity contribution in [1.29, 1.82) is 0 Å². The van der Waals surface area contributed by atoms with Crippen LogP contribution in [-0.2, 0) is 27.1 Å². The summed E-state index contributed by atoms with van der Waals surface area (Å²) in [5.74, 6) is -0.740. The predicted octanol–water partition coefficient (Wildman–Crippen LogP) is 1.88. The van der Waals surface area contributed by atoms with Gasteiger partial charge in [-0.15, -0.1) is 0 Å². The largest absolute Gasteiger partial charge is 0.364 e. The predicted molar refractivity (Wildman–Crippen MR) is 113 cm³/mol. The van der Waals surface area contributed by atoms with Gasteiger partial charge in [0.15, 0.2) is 0 Å². The Hall–Kier alpha value is -2.37. The molecule has 30 heavy (non-hydrogen) atoms. The maximum Gasteiger partial charge on any atom is 0.265 e. The third-order valence-corrected chi connectivity index (χ3v) is 8.69. The topological polar surface area (TPSA) is 132 Å². The van der Waals surface area contributed by atoms with Crippen molar-refractivity contribution in [2.24, 2.45) is 12.8 Å². The van der Waals surface area contributed by atoms with Crippen LogP contribution < -0.4 is 10.5 Å². The molecular formula is C19H26N4O5S2. The Morgan fingerprint density at radius 1 is 1.07 bits per heavy atom. The van der Waals surface area contributed by atoms with Gasteiger partial charge in [0.1, 0.15) is 10.6 Å². The van der Waals surface area contributed by atoms with Crippen molar-refractivity contribution < 1.29 is 21.6 Å². The number of primary amides is 1. The SMILES string of the molecule is CN(C1CCCCC1)S(=O)(=O)c1ccc(NS(=O)(=O)c2cc(C(N)=O)n(C)c2)cc1. The van der Waals surface area contributed by atoms with E-state index < -0.39 is 26.0 Å². The smallest absolute Gasteiger partial charge is 0.265 e. The lowest BCUT2D eigenvalue weighted by molar-refractivity contribution is 0.0992. The fraction of sp³-hybridized carbons (Fsp3) is 0.421. The molecule has 0 saturated heterocycles. The van der Waals surface area contributed by atoms with Gasteiger partial charge in [0.05, 0.1) is 4.90 Å². The molecule has 1 amide bonds. The molecule has 1 aliphatic carbocycles. The lowest BCUT2D eigenvalue weighted by Crippen LogP contribution is -2.38. The molecule has 1 saturated carbocycles. The first-order chi connectivity index (χ1) is 14.0. The van der Waals surface area contributed by atoms with Crippen LogP contribution in [0.5, 0.6) is 0 Å². The normalized spacial score (nSPS) is 16.0.